The van der Waals surface area contributed by atoms with Crippen molar-refractivity contribution in [1.82, 2.24) is 14.8 Å². The molecule has 0 saturated heterocycles. The summed E-state index contributed by atoms with van der Waals surface area (Å²) in [5, 5.41) is 3.78. The number of ether oxygens (including phenoxy) is 1. The first-order chi connectivity index (χ1) is 6.18. The van der Waals surface area contributed by atoms with Crippen LogP contribution in [0.25, 0.3) is 6.20 Å². The third kappa shape index (κ3) is 3.50. The number of carbonyl (C=O) groups is 1. The largest absolute Gasteiger partial charge is 0.460 e. The molecule has 1 aromatic heterocycles. The van der Waals surface area contributed by atoms with Gasteiger partial charge in [-0.15, -0.1) is 0 Å². The van der Waals surface area contributed by atoms with Crippen LogP contribution in [-0.4, -0.2) is 26.8 Å². The molecule has 0 saturated carbocycles. The molecule has 5 nitrogen and oxygen atoms in total. The summed E-state index contributed by atoms with van der Waals surface area (Å²) < 4.78 is 6.28. The normalized spacial score (nSPS) is 11.0. The molecule has 0 aliphatic rings. The molecule has 5 heteroatoms. The van der Waals surface area contributed by atoms with E-state index in [1.807, 2.05) is 0 Å². The molecule has 0 bridgehead atoms. The van der Waals surface area contributed by atoms with E-state index in [-0.39, 0.29) is 12.1 Å². The predicted octanol–water partition coefficient (Wildman–Crippen LogP) is 0.700. The van der Waals surface area contributed by atoms with Crippen LogP contribution in [-0.2, 0) is 9.53 Å². The van der Waals surface area contributed by atoms with Crippen LogP contribution in [0.1, 0.15) is 13.8 Å². The summed E-state index contributed by atoms with van der Waals surface area (Å²) >= 11 is 0. The fourth-order valence-corrected chi connectivity index (χ4v) is 0.703. The highest BCUT2D eigenvalue weighted by Crippen LogP contribution is 1.91. The third-order valence-electron chi connectivity index (χ3n) is 1.15. The van der Waals surface area contributed by atoms with Crippen molar-refractivity contribution >= 4 is 12.2 Å². The Labute approximate surface area is 76.0 Å². The summed E-state index contributed by atoms with van der Waals surface area (Å²) in [5.41, 5.74) is 0. The molecule has 1 aromatic rings. The SMILES string of the molecule is CC(C)OC(=O)C=Cn1cncn1. The van der Waals surface area contributed by atoms with Crippen LogP contribution in [0.3, 0.4) is 0 Å². The minimum Gasteiger partial charge on any atom is -0.460 e. The quantitative estimate of drug-likeness (QED) is 0.508. The zero-order valence-electron chi connectivity index (χ0n) is 7.54. The second kappa shape index (κ2) is 4.39. The van der Waals surface area contributed by atoms with E-state index in [9.17, 15) is 4.79 Å². The monoisotopic (exact) mass is 181 g/mol. The molecule has 0 N–H and O–H groups in total. The van der Waals surface area contributed by atoms with E-state index in [1.54, 1.807) is 13.8 Å². The number of hydrogen-bond acceptors (Lipinski definition) is 4. The Morgan fingerprint density at radius 2 is 2.38 bits per heavy atom. The van der Waals surface area contributed by atoms with Gasteiger partial charge < -0.3 is 4.74 Å². The number of esters is 1. The molecule has 13 heavy (non-hydrogen) atoms. The molecule has 0 aromatic carbocycles. The molecule has 0 unspecified atom stereocenters. The van der Waals surface area contributed by atoms with Crippen molar-refractivity contribution in [3.63, 3.8) is 0 Å². The second-order valence-electron chi connectivity index (χ2n) is 2.68. The van der Waals surface area contributed by atoms with Crippen LogP contribution in [0.2, 0.25) is 0 Å². The molecular formula is C8H11N3O2. The summed E-state index contributed by atoms with van der Waals surface area (Å²) in [5.74, 6) is -0.384. The van der Waals surface area contributed by atoms with E-state index in [0.717, 1.165) is 0 Å². The maximum absolute atomic E-state index is 11.0. The van der Waals surface area contributed by atoms with Crippen LogP contribution in [0.4, 0.5) is 0 Å². The van der Waals surface area contributed by atoms with E-state index in [0.29, 0.717) is 0 Å². The van der Waals surface area contributed by atoms with Crippen molar-refractivity contribution < 1.29 is 9.53 Å². The van der Waals surface area contributed by atoms with E-state index < -0.39 is 0 Å². The van der Waals surface area contributed by atoms with Gasteiger partial charge in [0.05, 0.1) is 6.10 Å². The molecule has 1 heterocycles. The van der Waals surface area contributed by atoms with E-state index in [2.05, 4.69) is 10.1 Å². The lowest BCUT2D eigenvalue weighted by Crippen LogP contribution is -2.08. The van der Waals surface area contributed by atoms with Crippen molar-refractivity contribution in [1.29, 1.82) is 0 Å². The van der Waals surface area contributed by atoms with Gasteiger partial charge >= 0.3 is 5.97 Å². The highest BCUT2D eigenvalue weighted by atomic mass is 16.5. The number of aromatic nitrogens is 3. The van der Waals surface area contributed by atoms with Crippen LogP contribution < -0.4 is 0 Å². The maximum atomic E-state index is 11.0. The molecular weight excluding hydrogens is 170 g/mol. The van der Waals surface area contributed by atoms with Gasteiger partial charge in [-0.25, -0.2) is 14.5 Å². The average Bonchev–Trinajstić information content (AvgIpc) is 2.51. The Balaban J connectivity index is 2.44. The average molecular weight is 181 g/mol. The molecule has 0 aliphatic heterocycles. The fourth-order valence-electron chi connectivity index (χ4n) is 0.703. The van der Waals surface area contributed by atoms with Crippen LogP contribution in [0.15, 0.2) is 18.7 Å². The molecule has 70 valence electrons. The van der Waals surface area contributed by atoms with Crippen molar-refractivity contribution in [2.24, 2.45) is 0 Å². The van der Waals surface area contributed by atoms with E-state index >= 15 is 0 Å². The van der Waals surface area contributed by atoms with Crippen molar-refractivity contribution in [2.75, 3.05) is 0 Å². The predicted molar refractivity (Wildman–Crippen MR) is 46.6 cm³/mol. The van der Waals surface area contributed by atoms with Gasteiger partial charge in [0.1, 0.15) is 12.7 Å². The van der Waals surface area contributed by atoms with Crippen molar-refractivity contribution in [3.8, 4) is 0 Å². The summed E-state index contributed by atoms with van der Waals surface area (Å²) in [6.07, 6.45) is 5.55. The molecule has 0 spiro atoms. The first-order valence-electron chi connectivity index (χ1n) is 3.91. The molecule has 1 rings (SSSR count). The van der Waals surface area contributed by atoms with Gasteiger partial charge in [0, 0.05) is 12.3 Å². The van der Waals surface area contributed by atoms with Gasteiger partial charge in [-0.2, -0.15) is 5.10 Å². The van der Waals surface area contributed by atoms with Crippen molar-refractivity contribution in [3.05, 3.63) is 18.7 Å². The van der Waals surface area contributed by atoms with Gasteiger partial charge in [0.25, 0.3) is 0 Å². The first kappa shape index (κ1) is 9.44. The lowest BCUT2D eigenvalue weighted by atomic mass is 10.5. The topological polar surface area (TPSA) is 57.0 Å². The number of rotatable bonds is 3. The zero-order chi connectivity index (χ0) is 9.68. The summed E-state index contributed by atoms with van der Waals surface area (Å²) in [6, 6.07) is 0. The summed E-state index contributed by atoms with van der Waals surface area (Å²) in [6.45, 7) is 3.59. The van der Waals surface area contributed by atoms with Gasteiger partial charge in [-0.05, 0) is 13.8 Å². The van der Waals surface area contributed by atoms with Crippen LogP contribution >= 0.6 is 0 Å². The zero-order valence-corrected chi connectivity index (χ0v) is 7.54. The number of hydrogen-bond donors (Lipinski definition) is 0. The Hall–Kier alpha value is -1.65. The Morgan fingerprint density at radius 3 is 2.92 bits per heavy atom. The Bertz CT molecular complexity index is 290. The molecule has 0 atom stereocenters. The van der Waals surface area contributed by atoms with Gasteiger partial charge in [0.2, 0.25) is 0 Å². The van der Waals surface area contributed by atoms with E-state index in [4.69, 9.17) is 4.74 Å². The fraction of sp³-hybridized carbons (Fsp3) is 0.375. The highest BCUT2D eigenvalue weighted by Gasteiger charge is 1.99. The summed E-state index contributed by atoms with van der Waals surface area (Å²) in [4.78, 5) is 14.7. The van der Waals surface area contributed by atoms with E-state index in [1.165, 1.54) is 29.6 Å². The second-order valence-corrected chi connectivity index (χ2v) is 2.68. The Morgan fingerprint density at radius 1 is 1.62 bits per heavy atom. The minimum atomic E-state index is -0.384. The first-order valence-corrected chi connectivity index (χ1v) is 3.91. The van der Waals surface area contributed by atoms with Crippen LogP contribution in [0, 0.1) is 0 Å². The van der Waals surface area contributed by atoms with Gasteiger partial charge in [0.15, 0.2) is 0 Å². The maximum Gasteiger partial charge on any atom is 0.332 e. The lowest BCUT2D eigenvalue weighted by molar-refractivity contribution is -0.141. The van der Waals surface area contributed by atoms with Gasteiger partial charge in [-0.3, -0.25) is 0 Å². The highest BCUT2D eigenvalue weighted by molar-refractivity contribution is 5.84. The van der Waals surface area contributed by atoms with Crippen molar-refractivity contribution in [2.45, 2.75) is 20.0 Å². The standard InChI is InChI=1S/C8H11N3O2/c1-7(2)13-8(12)3-4-11-6-9-5-10-11/h3-7H,1-2H3. The minimum absolute atomic E-state index is 0.104. The van der Waals surface area contributed by atoms with Gasteiger partial charge in [-0.1, -0.05) is 0 Å². The number of nitrogens with zero attached hydrogens (tertiary/aromatic N) is 3. The smallest absolute Gasteiger partial charge is 0.332 e. The molecule has 0 fully saturated rings. The summed E-state index contributed by atoms with van der Waals surface area (Å²) in [7, 11) is 0. The molecule has 0 aliphatic carbocycles. The molecule has 0 radical (unpaired) electrons. The molecule has 0 amide bonds. The third-order valence-corrected chi connectivity index (χ3v) is 1.15. The lowest BCUT2D eigenvalue weighted by Gasteiger charge is -2.03. The Kier molecular flexibility index (Phi) is 3.19. The van der Waals surface area contributed by atoms with Crippen LogP contribution in [0.5, 0.6) is 0 Å². The number of carbonyl (C=O) groups excluding carboxylic acids is 1.